The minimum Gasteiger partial charge on any atom is -0.461 e. The smallest absolute Gasteiger partial charge is 0.306 e. The van der Waals surface area contributed by atoms with Crippen molar-refractivity contribution in [2.75, 3.05) is 0 Å². The molecule has 0 spiro atoms. The van der Waals surface area contributed by atoms with E-state index in [2.05, 4.69) is 6.92 Å². The minimum atomic E-state index is -0.110. The fourth-order valence-electron chi connectivity index (χ4n) is 1.69. The molecule has 0 saturated heterocycles. The zero-order valence-electron chi connectivity index (χ0n) is 11.0. The first-order chi connectivity index (χ1) is 8.72. The fourth-order valence-corrected chi connectivity index (χ4v) is 1.82. The number of carbonyl (C=O) groups is 1. The third-order valence-corrected chi connectivity index (χ3v) is 3.05. The van der Waals surface area contributed by atoms with Crippen molar-refractivity contribution >= 4 is 17.6 Å². The van der Waals surface area contributed by atoms with Crippen molar-refractivity contribution < 1.29 is 9.53 Å². The average Bonchev–Trinajstić information content (AvgIpc) is 2.38. The van der Waals surface area contributed by atoms with Gasteiger partial charge in [-0.1, -0.05) is 56.3 Å². The molecule has 0 amide bonds. The molecule has 0 aromatic heterocycles. The van der Waals surface area contributed by atoms with E-state index in [4.69, 9.17) is 16.3 Å². The van der Waals surface area contributed by atoms with Crippen molar-refractivity contribution in [3.8, 4) is 0 Å². The number of benzene rings is 1. The van der Waals surface area contributed by atoms with Crippen LogP contribution in [0.5, 0.6) is 0 Å². The maximum absolute atomic E-state index is 11.5. The van der Waals surface area contributed by atoms with Crippen molar-refractivity contribution in [1.82, 2.24) is 0 Å². The highest BCUT2D eigenvalue weighted by molar-refractivity contribution is 6.30. The second kappa shape index (κ2) is 8.98. The van der Waals surface area contributed by atoms with E-state index in [1.165, 1.54) is 19.3 Å². The Morgan fingerprint density at radius 2 is 1.78 bits per heavy atom. The molecule has 0 radical (unpaired) electrons. The summed E-state index contributed by atoms with van der Waals surface area (Å²) in [5.41, 5.74) is 0.971. The molecule has 2 nitrogen and oxygen atoms in total. The van der Waals surface area contributed by atoms with E-state index in [0.717, 1.165) is 18.4 Å². The summed E-state index contributed by atoms with van der Waals surface area (Å²) < 4.78 is 5.19. The lowest BCUT2D eigenvalue weighted by atomic mass is 10.1. The van der Waals surface area contributed by atoms with Crippen LogP contribution in [0.1, 0.15) is 51.0 Å². The van der Waals surface area contributed by atoms with E-state index >= 15 is 0 Å². The summed E-state index contributed by atoms with van der Waals surface area (Å²) in [6, 6.07) is 7.35. The number of halogens is 1. The molecule has 3 heteroatoms. The second-order valence-electron chi connectivity index (χ2n) is 4.45. The van der Waals surface area contributed by atoms with Crippen LogP contribution in [0.15, 0.2) is 24.3 Å². The van der Waals surface area contributed by atoms with Gasteiger partial charge in [-0.05, 0) is 24.1 Å². The van der Waals surface area contributed by atoms with E-state index in [0.29, 0.717) is 18.1 Å². The largest absolute Gasteiger partial charge is 0.461 e. The van der Waals surface area contributed by atoms with Crippen LogP contribution in [-0.2, 0) is 16.1 Å². The molecule has 0 bridgehead atoms. The molecule has 0 unspecified atom stereocenters. The quantitative estimate of drug-likeness (QED) is 0.503. The lowest BCUT2D eigenvalue weighted by Gasteiger charge is -2.05. The minimum absolute atomic E-state index is 0.110. The third kappa shape index (κ3) is 6.65. The van der Waals surface area contributed by atoms with Gasteiger partial charge in [0, 0.05) is 11.4 Å². The van der Waals surface area contributed by atoms with Gasteiger partial charge >= 0.3 is 5.97 Å². The van der Waals surface area contributed by atoms with Gasteiger partial charge < -0.3 is 4.74 Å². The highest BCUT2D eigenvalue weighted by Gasteiger charge is 2.03. The molecule has 1 aromatic rings. The van der Waals surface area contributed by atoms with Crippen molar-refractivity contribution in [2.24, 2.45) is 0 Å². The molecule has 1 rings (SSSR count). The summed E-state index contributed by atoms with van der Waals surface area (Å²) >= 11 is 5.78. The zero-order chi connectivity index (χ0) is 13.2. The molecule has 0 saturated carbocycles. The van der Waals surface area contributed by atoms with Crippen LogP contribution in [0.2, 0.25) is 5.02 Å². The third-order valence-electron chi connectivity index (χ3n) is 2.80. The van der Waals surface area contributed by atoms with Crippen molar-refractivity contribution in [3.05, 3.63) is 34.9 Å². The number of carbonyl (C=O) groups excluding carboxylic acids is 1. The molecule has 100 valence electrons. The lowest BCUT2D eigenvalue weighted by molar-refractivity contribution is -0.145. The van der Waals surface area contributed by atoms with E-state index in [1.807, 2.05) is 12.1 Å². The summed E-state index contributed by atoms with van der Waals surface area (Å²) in [6.45, 7) is 2.52. The Balaban J connectivity index is 2.11. The molecule has 1 aromatic carbocycles. The van der Waals surface area contributed by atoms with E-state index in [-0.39, 0.29) is 5.97 Å². The van der Waals surface area contributed by atoms with Crippen molar-refractivity contribution in [2.45, 2.75) is 52.1 Å². The van der Waals surface area contributed by atoms with E-state index in [9.17, 15) is 4.79 Å². The molecule has 0 aliphatic rings. The Labute approximate surface area is 114 Å². The van der Waals surface area contributed by atoms with Gasteiger partial charge in [0.05, 0.1) is 0 Å². The summed E-state index contributed by atoms with van der Waals surface area (Å²) in [4.78, 5) is 11.5. The Kier molecular flexibility index (Phi) is 7.51. The van der Waals surface area contributed by atoms with Crippen LogP contribution in [0.25, 0.3) is 0 Å². The molecular weight excluding hydrogens is 248 g/mol. The van der Waals surface area contributed by atoms with E-state index in [1.54, 1.807) is 12.1 Å². The van der Waals surface area contributed by atoms with Crippen LogP contribution in [0.3, 0.4) is 0 Å². The number of esters is 1. The number of unbranched alkanes of at least 4 members (excludes halogenated alkanes) is 4. The maximum atomic E-state index is 11.5. The normalized spacial score (nSPS) is 10.3. The van der Waals surface area contributed by atoms with Crippen LogP contribution in [-0.4, -0.2) is 5.97 Å². The first-order valence-electron chi connectivity index (χ1n) is 6.62. The monoisotopic (exact) mass is 268 g/mol. The van der Waals surface area contributed by atoms with Crippen LogP contribution in [0, 0.1) is 0 Å². The van der Waals surface area contributed by atoms with Gasteiger partial charge in [0.25, 0.3) is 0 Å². The van der Waals surface area contributed by atoms with Crippen molar-refractivity contribution in [1.29, 1.82) is 0 Å². The van der Waals surface area contributed by atoms with Gasteiger partial charge in [0.15, 0.2) is 0 Å². The first-order valence-corrected chi connectivity index (χ1v) is 7.00. The predicted octanol–water partition coefficient (Wildman–Crippen LogP) is 4.74. The SMILES string of the molecule is CCCCCCCC(=O)OCc1ccc(Cl)cc1. The number of hydrogen-bond acceptors (Lipinski definition) is 2. The van der Waals surface area contributed by atoms with Crippen molar-refractivity contribution in [3.63, 3.8) is 0 Å². The average molecular weight is 269 g/mol. The summed E-state index contributed by atoms with van der Waals surface area (Å²) in [5, 5.41) is 0.695. The predicted molar refractivity (Wildman–Crippen MR) is 74.6 cm³/mol. The first kappa shape index (κ1) is 15.0. The Morgan fingerprint density at radius 1 is 1.11 bits per heavy atom. The fraction of sp³-hybridized carbons (Fsp3) is 0.533. The van der Waals surface area contributed by atoms with Crippen LogP contribution < -0.4 is 0 Å². The Hall–Kier alpha value is -1.02. The molecule has 0 heterocycles. The molecule has 0 N–H and O–H groups in total. The number of hydrogen-bond donors (Lipinski definition) is 0. The zero-order valence-corrected chi connectivity index (χ0v) is 11.7. The summed E-state index contributed by atoms with van der Waals surface area (Å²) in [7, 11) is 0. The Morgan fingerprint density at radius 3 is 2.44 bits per heavy atom. The topological polar surface area (TPSA) is 26.3 Å². The van der Waals surface area contributed by atoms with Gasteiger partial charge in [-0.15, -0.1) is 0 Å². The number of rotatable bonds is 8. The Bertz CT molecular complexity index is 346. The second-order valence-corrected chi connectivity index (χ2v) is 4.89. The maximum Gasteiger partial charge on any atom is 0.306 e. The highest BCUT2D eigenvalue weighted by Crippen LogP contribution is 2.11. The lowest BCUT2D eigenvalue weighted by Crippen LogP contribution is -2.04. The molecular formula is C15H21ClO2. The number of ether oxygens (including phenoxy) is 1. The molecule has 0 fully saturated rings. The van der Waals surface area contributed by atoms with Gasteiger partial charge in [-0.3, -0.25) is 4.79 Å². The molecule has 0 aliphatic carbocycles. The van der Waals surface area contributed by atoms with Crippen LogP contribution in [0.4, 0.5) is 0 Å². The summed E-state index contributed by atoms with van der Waals surface area (Å²) in [6.07, 6.45) is 6.25. The highest BCUT2D eigenvalue weighted by atomic mass is 35.5. The van der Waals surface area contributed by atoms with E-state index < -0.39 is 0 Å². The van der Waals surface area contributed by atoms with Gasteiger partial charge in [-0.25, -0.2) is 0 Å². The van der Waals surface area contributed by atoms with Crippen LogP contribution >= 0.6 is 11.6 Å². The standard InChI is InChI=1S/C15H21ClO2/c1-2-3-4-5-6-7-15(17)18-12-13-8-10-14(16)11-9-13/h8-11H,2-7,12H2,1H3. The van der Waals surface area contributed by atoms with Gasteiger partial charge in [-0.2, -0.15) is 0 Å². The molecule has 0 aliphatic heterocycles. The van der Waals surface area contributed by atoms with Gasteiger partial charge in [0.2, 0.25) is 0 Å². The van der Waals surface area contributed by atoms with Gasteiger partial charge in [0.1, 0.15) is 6.61 Å². The molecule has 18 heavy (non-hydrogen) atoms. The molecule has 0 atom stereocenters. The summed E-state index contributed by atoms with van der Waals surface area (Å²) in [5.74, 6) is -0.110.